The summed E-state index contributed by atoms with van der Waals surface area (Å²) >= 11 is 5.24. The Morgan fingerprint density at radius 2 is 1.80 bits per heavy atom. The minimum absolute atomic E-state index is 0.860. The third kappa shape index (κ3) is 1.75. The molecule has 0 N–H and O–H groups in total. The Hall–Kier alpha value is -1.35. The van der Waals surface area contributed by atoms with E-state index in [9.17, 15) is 0 Å². The van der Waals surface area contributed by atoms with Crippen LogP contribution in [0.3, 0.4) is 0 Å². The normalized spacial score (nSPS) is 10.6. The van der Waals surface area contributed by atoms with Crippen LogP contribution in [0.4, 0.5) is 5.69 Å². The van der Waals surface area contributed by atoms with Crippen LogP contribution in [0, 0.1) is 4.64 Å². The van der Waals surface area contributed by atoms with Crippen molar-refractivity contribution >= 4 is 28.8 Å². The van der Waals surface area contributed by atoms with E-state index >= 15 is 0 Å². The molecule has 1 heterocycles. The zero-order valence-electron chi connectivity index (χ0n) is 9.19. The van der Waals surface area contributed by atoms with Crippen molar-refractivity contribution in [3.05, 3.63) is 35.0 Å². The van der Waals surface area contributed by atoms with E-state index in [1.54, 1.807) is 0 Å². The minimum Gasteiger partial charge on any atom is -0.378 e. The molecule has 1 aromatic carbocycles. The van der Waals surface area contributed by atoms with Gasteiger partial charge in [-0.05, 0) is 29.7 Å². The van der Waals surface area contributed by atoms with Gasteiger partial charge in [-0.2, -0.15) is 0 Å². The number of pyridine rings is 1. The lowest BCUT2D eigenvalue weighted by Gasteiger charge is -2.14. The highest BCUT2D eigenvalue weighted by Crippen LogP contribution is 2.20. The van der Waals surface area contributed by atoms with Crippen molar-refractivity contribution < 1.29 is 0 Å². The van der Waals surface area contributed by atoms with Crippen LogP contribution in [-0.4, -0.2) is 18.7 Å². The number of hydrogen-bond acceptors (Lipinski definition) is 2. The maximum atomic E-state index is 5.24. The molecule has 15 heavy (non-hydrogen) atoms. The molecular formula is C12H14N2S. The standard InChI is InChI=1S/C12H14N2S/c1-13(2)10-6-4-9-5-7-12(15)14(3)11(9)8-10/h4-8H,1-3H3. The van der Waals surface area contributed by atoms with Crippen LogP contribution in [0.25, 0.3) is 10.9 Å². The molecule has 0 aliphatic rings. The molecule has 0 fully saturated rings. The summed E-state index contributed by atoms with van der Waals surface area (Å²) in [4.78, 5) is 2.09. The fraction of sp³-hybridized carbons (Fsp3) is 0.250. The van der Waals surface area contributed by atoms with Gasteiger partial charge in [0.1, 0.15) is 4.64 Å². The quantitative estimate of drug-likeness (QED) is 0.680. The Labute approximate surface area is 94.8 Å². The van der Waals surface area contributed by atoms with E-state index in [2.05, 4.69) is 29.2 Å². The van der Waals surface area contributed by atoms with Crippen molar-refractivity contribution in [2.75, 3.05) is 19.0 Å². The highest BCUT2D eigenvalue weighted by atomic mass is 32.1. The second kappa shape index (κ2) is 3.66. The van der Waals surface area contributed by atoms with Crippen molar-refractivity contribution in [1.82, 2.24) is 4.57 Å². The SMILES string of the molecule is CN(C)c1ccc2ccc(=S)n(C)c2c1. The van der Waals surface area contributed by atoms with Crippen LogP contribution in [0.5, 0.6) is 0 Å². The molecule has 78 valence electrons. The molecule has 0 unspecified atom stereocenters. The molecule has 0 bridgehead atoms. The number of rotatable bonds is 1. The molecule has 0 saturated heterocycles. The van der Waals surface area contributed by atoms with E-state index in [4.69, 9.17) is 12.2 Å². The molecule has 2 nitrogen and oxygen atoms in total. The lowest BCUT2D eigenvalue weighted by atomic mass is 10.2. The maximum absolute atomic E-state index is 5.24. The van der Waals surface area contributed by atoms with Crippen LogP contribution in [0.15, 0.2) is 30.3 Å². The van der Waals surface area contributed by atoms with Crippen molar-refractivity contribution in [3.8, 4) is 0 Å². The molecule has 0 saturated carbocycles. The molecule has 0 spiro atoms. The van der Waals surface area contributed by atoms with Gasteiger partial charge in [-0.25, -0.2) is 0 Å². The summed E-state index contributed by atoms with van der Waals surface area (Å²) in [5, 5.41) is 1.22. The predicted octanol–water partition coefficient (Wildman–Crippen LogP) is 2.97. The molecule has 0 radical (unpaired) electrons. The van der Waals surface area contributed by atoms with Gasteiger partial charge in [0.2, 0.25) is 0 Å². The van der Waals surface area contributed by atoms with Gasteiger partial charge < -0.3 is 9.47 Å². The molecule has 1 aromatic heterocycles. The minimum atomic E-state index is 0.860. The second-order valence-corrected chi connectivity index (χ2v) is 4.29. The second-order valence-electron chi connectivity index (χ2n) is 3.87. The number of hydrogen-bond donors (Lipinski definition) is 0. The van der Waals surface area contributed by atoms with Crippen LogP contribution < -0.4 is 4.90 Å². The van der Waals surface area contributed by atoms with Crippen molar-refractivity contribution in [2.45, 2.75) is 0 Å². The summed E-state index contributed by atoms with van der Waals surface area (Å²) in [5.41, 5.74) is 2.37. The summed E-state index contributed by atoms with van der Waals surface area (Å²) in [6.07, 6.45) is 0. The lowest BCUT2D eigenvalue weighted by Crippen LogP contribution is -2.08. The molecule has 0 aliphatic carbocycles. The van der Waals surface area contributed by atoms with E-state index in [1.165, 1.54) is 16.6 Å². The summed E-state index contributed by atoms with van der Waals surface area (Å²) in [7, 11) is 6.08. The van der Waals surface area contributed by atoms with Crippen LogP contribution in [0.2, 0.25) is 0 Å². The fourth-order valence-electron chi connectivity index (χ4n) is 1.63. The third-order valence-electron chi connectivity index (χ3n) is 2.63. The first-order valence-electron chi connectivity index (χ1n) is 4.87. The first kappa shape index (κ1) is 10.2. The van der Waals surface area contributed by atoms with Gasteiger partial charge in [-0.15, -0.1) is 0 Å². The number of benzene rings is 1. The highest BCUT2D eigenvalue weighted by Gasteiger charge is 2.00. The molecule has 0 aliphatic heterocycles. The zero-order valence-corrected chi connectivity index (χ0v) is 10.0. The van der Waals surface area contributed by atoms with Crippen LogP contribution >= 0.6 is 12.2 Å². The average molecular weight is 218 g/mol. The van der Waals surface area contributed by atoms with E-state index in [-0.39, 0.29) is 0 Å². The average Bonchev–Trinajstić information content (AvgIpc) is 2.23. The summed E-state index contributed by atoms with van der Waals surface area (Å²) < 4.78 is 2.90. The number of fused-ring (bicyclic) bond motifs is 1. The van der Waals surface area contributed by atoms with Gasteiger partial charge in [0.25, 0.3) is 0 Å². The van der Waals surface area contributed by atoms with E-state index in [1.807, 2.05) is 31.8 Å². The van der Waals surface area contributed by atoms with Crippen molar-refractivity contribution in [3.63, 3.8) is 0 Å². The van der Waals surface area contributed by atoms with Gasteiger partial charge in [0, 0.05) is 26.8 Å². The first-order valence-corrected chi connectivity index (χ1v) is 5.27. The lowest BCUT2D eigenvalue weighted by molar-refractivity contribution is 0.935. The van der Waals surface area contributed by atoms with Crippen LogP contribution in [0.1, 0.15) is 0 Å². The number of anilines is 1. The molecule has 2 rings (SSSR count). The zero-order chi connectivity index (χ0) is 11.0. The largest absolute Gasteiger partial charge is 0.378 e. The maximum Gasteiger partial charge on any atom is 0.106 e. The molecule has 3 heteroatoms. The molecule has 0 atom stereocenters. The Morgan fingerprint density at radius 1 is 1.13 bits per heavy atom. The van der Waals surface area contributed by atoms with Gasteiger partial charge >= 0.3 is 0 Å². The monoisotopic (exact) mass is 218 g/mol. The van der Waals surface area contributed by atoms with E-state index in [0.717, 1.165) is 4.64 Å². The van der Waals surface area contributed by atoms with E-state index in [0.29, 0.717) is 0 Å². The first-order chi connectivity index (χ1) is 7.09. The molecule has 2 aromatic rings. The van der Waals surface area contributed by atoms with Crippen molar-refractivity contribution in [2.24, 2.45) is 7.05 Å². The van der Waals surface area contributed by atoms with Gasteiger partial charge in [0.15, 0.2) is 0 Å². The van der Waals surface area contributed by atoms with Gasteiger partial charge in [-0.3, -0.25) is 0 Å². The van der Waals surface area contributed by atoms with Crippen molar-refractivity contribution in [1.29, 1.82) is 0 Å². The summed E-state index contributed by atoms with van der Waals surface area (Å²) in [6.45, 7) is 0. The number of aromatic nitrogens is 1. The molecular weight excluding hydrogens is 204 g/mol. The Balaban J connectivity index is 2.79. The highest BCUT2D eigenvalue weighted by molar-refractivity contribution is 7.71. The number of aryl methyl sites for hydroxylation is 1. The van der Waals surface area contributed by atoms with Crippen LogP contribution in [-0.2, 0) is 7.05 Å². The topological polar surface area (TPSA) is 8.17 Å². The summed E-state index contributed by atoms with van der Waals surface area (Å²) in [5.74, 6) is 0. The predicted molar refractivity (Wildman–Crippen MR) is 68.1 cm³/mol. The van der Waals surface area contributed by atoms with Gasteiger partial charge in [0.05, 0.1) is 5.52 Å². The Bertz CT molecular complexity index is 555. The summed E-state index contributed by atoms with van der Waals surface area (Å²) in [6, 6.07) is 10.4. The number of nitrogens with zero attached hydrogens (tertiary/aromatic N) is 2. The Kier molecular flexibility index (Phi) is 2.49. The van der Waals surface area contributed by atoms with Gasteiger partial charge in [-0.1, -0.05) is 18.3 Å². The molecule has 0 amide bonds. The van der Waals surface area contributed by atoms with E-state index < -0.39 is 0 Å². The fourth-order valence-corrected chi connectivity index (χ4v) is 1.80. The smallest absolute Gasteiger partial charge is 0.106 e. The third-order valence-corrected chi connectivity index (χ3v) is 3.04. The Morgan fingerprint density at radius 3 is 2.47 bits per heavy atom.